The van der Waals surface area contributed by atoms with Crippen LogP contribution in [0.25, 0.3) is 0 Å². The third-order valence-electron chi connectivity index (χ3n) is 3.35. The molecule has 2 aromatic rings. The molecule has 5 heteroatoms. The molecule has 21 heavy (non-hydrogen) atoms. The first kappa shape index (κ1) is 16.2. The molecule has 1 N–H and O–H groups in total. The molecule has 114 valence electrons. The second-order valence-electron chi connectivity index (χ2n) is 5.35. The lowest BCUT2D eigenvalue weighted by atomic mass is 10.0. The van der Waals surface area contributed by atoms with Gasteiger partial charge in [0.05, 0.1) is 22.4 Å². The van der Waals surface area contributed by atoms with Crippen LogP contribution in [0.1, 0.15) is 50.5 Å². The van der Waals surface area contributed by atoms with Gasteiger partial charge < -0.3 is 5.32 Å². The second-order valence-corrected chi connectivity index (χ2v) is 6.21. The first-order valence-corrected chi connectivity index (χ1v) is 8.05. The van der Waals surface area contributed by atoms with Crippen LogP contribution in [0.5, 0.6) is 0 Å². The first-order valence-electron chi connectivity index (χ1n) is 7.26. The third kappa shape index (κ3) is 3.71. The lowest BCUT2D eigenvalue weighted by molar-refractivity contribution is 0.470. The molecular weight excluding hydrogens is 333 g/mol. The van der Waals surface area contributed by atoms with E-state index in [0.29, 0.717) is 0 Å². The van der Waals surface area contributed by atoms with Gasteiger partial charge in [-0.2, -0.15) is 5.10 Å². The zero-order valence-corrected chi connectivity index (χ0v) is 14.2. The summed E-state index contributed by atoms with van der Waals surface area (Å²) in [4.78, 5) is 0. The van der Waals surface area contributed by atoms with Crippen LogP contribution >= 0.6 is 15.9 Å². The number of rotatable bonds is 6. The van der Waals surface area contributed by atoms with Crippen molar-refractivity contribution in [1.29, 1.82) is 0 Å². The molecule has 1 atom stereocenters. The van der Waals surface area contributed by atoms with Crippen LogP contribution in [0.3, 0.4) is 0 Å². The van der Waals surface area contributed by atoms with E-state index in [9.17, 15) is 4.39 Å². The minimum atomic E-state index is -0.218. The van der Waals surface area contributed by atoms with Crippen LogP contribution in [0.15, 0.2) is 34.9 Å². The van der Waals surface area contributed by atoms with Gasteiger partial charge in [0.15, 0.2) is 0 Å². The molecular formula is C16H21BrFN3. The van der Waals surface area contributed by atoms with Gasteiger partial charge in [0.2, 0.25) is 0 Å². The minimum Gasteiger partial charge on any atom is -0.305 e. The Labute approximate surface area is 133 Å². The number of nitrogens with zero attached hydrogens (tertiary/aromatic N) is 2. The molecule has 0 saturated carbocycles. The molecule has 0 saturated heterocycles. The molecule has 3 nitrogen and oxygen atoms in total. The van der Waals surface area contributed by atoms with Crippen molar-refractivity contribution < 1.29 is 4.39 Å². The van der Waals surface area contributed by atoms with E-state index >= 15 is 0 Å². The van der Waals surface area contributed by atoms with E-state index in [1.807, 2.05) is 23.0 Å². The second kappa shape index (κ2) is 7.18. The fourth-order valence-corrected chi connectivity index (χ4v) is 2.85. The Bertz CT molecular complexity index is 578. The van der Waals surface area contributed by atoms with E-state index in [1.165, 1.54) is 12.1 Å². The van der Waals surface area contributed by atoms with Gasteiger partial charge in [-0.15, -0.1) is 0 Å². The van der Waals surface area contributed by atoms with Crippen molar-refractivity contribution in [3.63, 3.8) is 0 Å². The predicted molar refractivity (Wildman–Crippen MR) is 86.8 cm³/mol. The monoisotopic (exact) mass is 353 g/mol. The Kier molecular flexibility index (Phi) is 5.53. The molecule has 0 aliphatic rings. The van der Waals surface area contributed by atoms with E-state index < -0.39 is 0 Å². The zero-order chi connectivity index (χ0) is 15.4. The molecule has 0 aliphatic heterocycles. The summed E-state index contributed by atoms with van der Waals surface area (Å²) in [7, 11) is 0. The van der Waals surface area contributed by atoms with Gasteiger partial charge in [-0.3, -0.25) is 4.68 Å². The Morgan fingerprint density at radius 1 is 1.29 bits per heavy atom. The molecule has 1 aromatic carbocycles. The van der Waals surface area contributed by atoms with Crippen molar-refractivity contribution in [2.45, 2.75) is 39.3 Å². The van der Waals surface area contributed by atoms with Crippen LogP contribution < -0.4 is 5.32 Å². The highest BCUT2D eigenvalue weighted by atomic mass is 79.9. The minimum absolute atomic E-state index is 0.00942. The summed E-state index contributed by atoms with van der Waals surface area (Å²) in [6.07, 6.45) is 2.85. The highest BCUT2D eigenvalue weighted by Gasteiger charge is 2.22. The smallest absolute Gasteiger partial charge is 0.123 e. The lowest BCUT2D eigenvalue weighted by Crippen LogP contribution is -2.26. The maximum atomic E-state index is 13.2. The molecule has 0 amide bonds. The summed E-state index contributed by atoms with van der Waals surface area (Å²) in [6.45, 7) is 7.22. The van der Waals surface area contributed by atoms with Gasteiger partial charge in [-0.05, 0) is 60.4 Å². The molecule has 1 heterocycles. The fourth-order valence-electron chi connectivity index (χ4n) is 2.35. The third-order valence-corrected chi connectivity index (χ3v) is 3.96. The van der Waals surface area contributed by atoms with Crippen LogP contribution in [0.2, 0.25) is 0 Å². The van der Waals surface area contributed by atoms with E-state index in [2.05, 4.69) is 47.1 Å². The molecule has 1 aromatic heterocycles. The Hall–Kier alpha value is -1.20. The maximum Gasteiger partial charge on any atom is 0.123 e. The van der Waals surface area contributed by atoms with Gasteiger partial charge in [0.25, 0.3) is 0 Å². The normalized spacial score (nSPS) is 12.9. The fraction of sp³-hybridized carbons (Fsp3) is 0.438. The standard InChI is InChI=1S/C16H21BrFN3/c1-4-9-19-15(12-5-7-13(18)8-6-12)16-14(17)10-20-21(16)11(2)3/h5-8,10-11,15,19H,4,9H2,1-3H3. The Morgan fingerprint density at radius 3 is 2.52 bits per heavy atom. The highest BCUT2D eigenvalue weighted by molar-refractivity contribution is 9.10. The van der Waals surface area contributed by atoms with E-state index in [-0.39, 0.29) is 17.9 Å². The largest absolute Gasteiger partial charge is 0.305 e. The summed E-state index contributed by atoms with van der Waals surface area (Å²) in [5, 5.41) is 7.97. The quantitative estimate of drug-likeness (QED) is 0.830. The molecule has 0 aliphatic carbocycles. The van der Waals surface area contributed by atoms with Crippen LogP contribution in [0, 0.1) is 5.82 Å². The zero-order valence-electron chi connectivity index (χ0n) is 12.6. The van der Waals surface area contributed by atoms with Crippen molar-refractivity contribution >= 4 is 15.9 Å². The average molecular weight is 354 g/mol. The van der Waals surface area contributed by atoms with E-state index in [4.69, 9.17) is 0 Å². The van der Waals surface area contributed by atoms with E-state index in [0.717, 1.165) is 28.7 Å². The molecule has 2 rings (SSSR count). The molecule has 0 spiro atoms. The molecule has 1 unspecified atom stereocenters. The van der Waals surface area contributed by atoms with Gasteiger partial charge in [-0.1, -0.05) is 19.1 Å². The molecule has 0 radical (unpaired) electrons. The first-order chi connectivity index (χ1) is 10.0. The van der Waals surface area contributed by atoms with Gasteiger partial charge in [0, 0.05) is 6.04 Å². The van der Waals surface area contributed by atoms with Crippen LogP contribution in [-0.4, -0.2) is 16.3 Å². The number of aromatic nitrogens is 2. The van der Waals surface area contributed by atoms with Gasteiger partial charge >= 0.3 is 0 Å². The van der Waals surface area contributed by atoms with Crippen LogP contribution in [0.4, 0.5) is 4.39 Å². The Morgan fingerprint density at radius 2 is 1.95 bits per heavy atom. The average Bonchev–Trinajstić information content (AvgIpc) is 2.83. The van der Waals surface area contributed by atoms with E-state index in [1.54, 1.807) is 0 Å². The Balaban J connectivity index is 2.45. The number of halogens is 2. The number of nitrogens with one attached hydrogen (secondary N) is 1. The molecule has 0 bridgehead atoms. The topological polar surface area (TPSA) is 29.9 Å². The summed E-state index contributed by atoms with van der Waals surface area (Å²) in [5.41, 5.74) is 2.11. The summed E-state index contributed by atoms with van der Waals surface area (Å²) in [5.74, 6) is -0.218. The van der Waals surface area contributed by atoms with Crippen molar-refractivity contribution in [1.82, 2.24) is 15.1 Å². The summed E-state index contributed by atoms with van der Waals surface area (Å²) in [6, 6.07) is 6.90. The van der Waals surface area contributed by atoms with Crippen LogP contribution in [-0.2, 0) is 0 Å². The van der Waals surface area contributed by atoms with Crippen molar-refractivity contribution in [3.8, 4) is 0 Å². The highest BCUT2D eigenvalue weighted by Crippen LogP contribution is 2.30. The van der Waals surface area contributed by atoms with Crippen molar-refractivity contribution in [2.75, 3.05) is 6.54 Å². The summed E-state index contributed by atoms with van der Waals surface area (Å²) < 4.78 is 16.2. The lowest BCUT2D eigenvalue weighted by Gasteiger charge is -2.22. The van der Waals surface area contributed by atoms with Gasteiger partial charge in [-0.25, -0.2) is 4.39 Å². The molecule has 0 fully saturated rings. The number of hydrogen-bond donors (Lipinski definition) is 1. The SMILES string of the molecule is CCCNC(c1ccc(F)cc1)c1c(Br)cnn1C(C)C. The van der Waals surface area contributed by atoms with Gasteiger partial charge in [0.1, 0.15) is 5.82 Å². The van der Waals surface area contributed by atoms with Crippen molar-refractivity contribution in [2.24, 2.45) is 0 Å². The number of hydrogen-bond acceptors (Lipinski definition) is 2. The predicted octanol–water partition coefficient (Wildman–Crippen LogP) is 4.45. The van der Waals surface area contributed by atoms with Crippen molar-refractivity contribution in [3.05, 3.63) is 52.0 Å². The summed E-state index contributed by atoms with van der Waals surface area (Å²) >= 11 is 3.59. The maximum absolute atomic E-state index is 13.2. The number of benzene rings is 1.